The van der Waals surface area contributed by atoms with E-state index in [1.54, 1.807) is 18.2 Å². The molecule has 0 fully saturated rings. The predicted octanol–water partition coefficient (Wildman–Crippen LogP) is 1.78. The summed E-state index contributed by atoms with van der Waals surface area (Å²) in [5.41, 5.74) is 1.25. The molecular formula is C9H13ClN2O2S. The highest BCUT2D eigenvalue weighted by Gasteiger charge is 2.09. The number of halogens is 1. The fraction of sp³-hybridized carbons (Fsp3) is 0.333. The maximum absolute atomic E-state index is 11.1. The number of hydrogen-bond donors (Lipinski definition) is 1. The van der Waals surface area contributed by atoms with Crippen molar-refractivity contribution in [3.8, 4) is 0 Å². The fourth-order valence-electron chi connectivity index (χ4n) is 1.18. The smallest absolute Gasteiger partial charge is 0.229 e. The minimum Gasteiger partial charge on any atom is -0.376 e. The zero-order valence-electron chi connectivity index (χ0n) is 8.78. The molecule has 0 radical (unpaired) electrons. The average Bonchev–Trinajstić information content (AvgIpc) is 1.99. The van der Waals surface area contributed by atoms with Crippen molar-refractivity contribution >= 4 is 33.0 Å². The summed E-state index contributed by atoms with van der Waals surface area (Å²) in [4.78, 5) is 1.81. The van der Waals surface area contributed by atoms with Crippen LogP contribution in [0.25, 0.3) is 0 Å². The lowest BCUT2D eigenvalue weighted by atomic mass is 10.2. The van der Waals surface area contributed by atoms with Crippen molar-refractivity contribution in [3.05, 3.63) is 23.2 Å². The van der Waals surface area contributed by atoms with Crippen molar-refractivity contribution < 1.29 is 8.42 Å². The van der Waals surface area contributed by atoms with Crippen molar-refractivity contribution in [2.24, 2.45) is 0 Å². The SMILES string of the molecule is CN(C)c1ccc(Cl)cc1NS(C)(=O)=O. The van der Waals surface area contributed by atoms with Gasteiger partial charge in [0, 0.05) is 19.1 Å². The average molecular weight is 249 g/mol. The Bertz CT molecular complexity index is 457. The summed E-state index contributed by atoms with van der Waals surface area (Å²) < 4.78 is 24.6. The molecule has 0 aromatic heterocycles. The predicted molar refractivity (Wildman–Crippen MR) is 64.2 cm³/mol. The van der Waals surface area contributed by atoms with Crippen molar-refractivity contribution in [3.63, 3.8) is 0 Å². The molecule has 0 aliphatic carbocycles. The van der Waals surface area contributed by atoms with Gasteiger partial charge in [-0.1, -0.05) is 11.6 Å². The number of hydrogen-bond acceptors (Lipinski definition) is 3. The molecule has 1 aromatic rings. The molecule has 1 N–H and O–H groups in total. The molecule has 0 aliphatic heterocycles. The molecule has 1 rings (SSSR count). The van der Waals surface area contributed by atoms with Crippen molar-refractivity contribution in [1.82, 2.24) is 0 Å². The molecule has 0 amide bonds. The standard InChI is InChI=1S/C9H13ClN2O2S/c1-12(2)9-5-4-7(10)6-8(9)11-15(3,13)14/h4-6,11H,1-3H3. The second-order valence-corrected chi connectivity index (χ2v) is 5.62. The summed E-state index contributed by atoms with van der Waals surface area (Å²) in [7, 11) is 0.375. The minimum absolute atomic E-state index is 0.481. The second kappa shape index (κ2) is 4.28. The van der Waals surface area contributed by atoms with Crippen LogP contribution in [0.3, 0.4) is 0 Å². The third kappa shape index (κ3) is 3.60. The third-order valence-corrected chi connectivity index (χ3v) is 2.56. The van der Waals surface area contributed by atoms with Crippen LogP contribution in [0, 0.1) is 0 Å². The van der Waals surface area contributed by atoms with Crippen molar-refractivity contribution in [2.75, 3.05) is 30.0 Å². The molecule has 0 bridgehead atoms. The molecule has 0 atom stereocenters. The van der Waals surface area contributed by atoms with E-state index in [0.717, 1.165) is 11.9 Å². The van der Waals surface area contributed by atoms with E-state index in [-0.39, 0.29) is 0 Å². The first-order chi connectivity index (χ1) is 6.79. The molecule has 0 saturated heterocycles. The molecular weight excluding hydrogens is 236 g/mol. The minimum atomic E-state index is -3.29. The summed E-state index contributed by atoms with van der Waals surface area (Å²) >= 11 is 5.80. The van der Waals surface area contributed by atoms with Gasteiger partial charge in [0.25, 0.3) is 0 Å². The molecule has 15 heavy (non-hydrogen) atoms. The number of benzene rings is 1. The monoisotopic (exact) mass is 248 g/mol. The lowest BCUT2D eigenvalue weighted by Gasteiger charge is -2.17. The first-order valence-corrected chi connectivity index (χ1v) is 6.51. The van der Waals surface area contributed by atoms with Gasteiger partial charge in [-0.3, -0.25) is 4.72 Å². The first kappa shape index (κ1) is 12.1. The maximum atomic E-state index is 11.1. The fourth-order valence-corrected chi connectivity index (χ4v) is 1.91. The Morgan fingerprint density at radius 2 is 1.93 bits per heavy atom. The molecule has 4 nitrogen and oxygen atoms in total. The molecule has 0 aliphatic rings. The van der Waals surface area contributed by atoms with Gasteiger partial charge in [0.05, 0.1) is 17.6 Å². The van der Waals surface area contributed by atoms with Crippen LogP contribution in [0.5, 0.6) is 0 Å². The van der Waals surface area contributed by atoms with Gasteiger partial charge in [0.1, 0.15) is 0 Å². The highest BCUT2D eigenvalue weighted by molar-refractivity contribution is 7.92. The van der Waals surface area contributed by atoms with E-state index in [2.05, 4.69) is 4.72 Å². The normalized spacial score (nSPS) is 11.2. The Labute approximate surface area is 94.9 Å². The van der Waals surface area contributed by atoms with Crippen LogP contribution in [0.15, 0.2) is 18.2 Å². The van der Waals surface area contributed by atoms with E-state index in [4.69, 9.17) is 11.6 Å². The zero-order valence-corrected chi connectivity index (χ0v) is 10.4. The summed E-state index contributed by atoms with van der Waals surface area (Å²) in [6.45, 7) is 0. The van der Waals surface area contributed by atoms with Gasteiger partial charge < -0.3 is 4.90 Å². The lowest BCUT2D eigenvalue weighted by molar-refractivity contribution is 0.607. The van der Waals surface area contributed by atoms with Gasteiger partial charge >= 0.3 is 0 Å². The van der Waals surface area contributed by atoms with Gasteiger partial charge in [-0.25, -0.2) is 8.42 Å². The van der Waals surface area contributed by atoms with Crippen LogP contribution < -0.4 is 9.62 Å². The van der Waals surface area contributed by atoms with Crippen LogP contribution in [-0.2, 0) is 10.0 Å². The second-order valence-electron chi connectivity index (χ2n) is 3.43. The van der Waals surface area contributed by atoms with E-state index in [9.17, 15) is 8.42 Å². The van der Waals surface area contributed by atoms with E-state index in [0.29, 0.717) is 10.7 Å². The topological polar surface area (TPSA) is 49.4 Å². The molecule has 0 saturated carbocycles. The van der Waals surface area contributed by atoms with Gasteiger partial charge in [-0.2, -0.15) is 0 Å². The van der Waals surface area contributed by atoms with Crippen molar-refractivity contribution in [2.45, 2.75) is 0 Å². The Kier molecular flexibility index (Phi) is 3.46. The molecule has 84 valence electrons. The molecule has 0 unspecified atom stereocenters. The Balaban J connectivity index is 3.19. The largest absolute Gasteiger partial charge is 0.376 e. The number of nitrogens with one attached hydrogen (secondary N) is 1. The van der Waals surface area contributed by atoms with E-state index in [1.807, 2.05) is 19.0 Å². The number of nitrogens with zero attached hydrogens (tertiary/aromatic N) is 1. The number of rotatable bonds is 3. The molecule has 1 aromatic carbocycles. The zero-order chi connectivity index (χ0) is 11.6. The van der Waals surface area contributed by atoms with Crippen LogP contribution >= 0.6 is 11.6 Å². The summed E-state index contributed by atoms with van der Waals surface area (Å²) in [5.74, 6) is 0. The molecule has 0 heterocycles. The summed E-state index contributed by atoms with van der Waals surface area (Å²) in [6, 6.07) is 5.05. The van der Waals surface area contributed by atoms with Gasteiger partial charge in [0.15, 0.2) is 0 Å². The maximum Gasteiger partial charge on any atom is 0.229 e. The highest BCUT2D eigenvalue weighted by atomic mass is 35.5. The first-order valence-electron chi connectivity index (χ1n) is 4.24. The molecule has 0 spiro atoms. The van der Waals surface area contributed by atoms with E-state index in [1.165, 1.54) is 0 Å². The third-order valence-electron chi connectivity index (χ3n) is 1.74. The number of sulfonamides is 1. The lowest BCUT2D eigenvalue weighted by Crippen LogP contribution is -2.15. The molecule has 6 heteroatoms. The Morgan fingerprint density at radius 1 is 1.33 bits per heavy atom. The van der Waals surface area contributed by atoms with Gasteiger partial charge in [-0.05, 0) is 18.2 Å². The Hall–Kier alpha value is -0.940. The van der Waals surface area contributed by atoms with Crippen LogP contribution in [-0.4, -0.2) is 28.8 Å². The van der Waals surface area contributed by atoms with Crippen LogP contribution in [0.4, 0.5) is 11.4 Å². The van der Waals surface area contributed by atoms with Crippen LogP contribution in [0.1, 0.15) is 0 Å². The highest BCUT2D eigenvalue weighted by Crippen LogP contribution is 2.28. The quantitative estimate of drug-likeness (QED) is 0.887. The van der Waals surface area contributed by atoms with Crippen molar-refractivity contribution in [1.29, 1.82) is 0 Å². The summed E-state index contributed by atoms with van der Waals surface area (Å²) in [5, 5.41) is 0.492. The van der Waals surface area contributed by atoms with Crippen LogP contribution in [0.2, 0.25) is 5.02 Å². The number of anilines is 2. The van der Waals surface area contributed by atoms with Gasteiger partial charge in [-0.15, -0.1) is 0 Å². The van der Waals surface area contributed by atoms with Gasteiger partial charge in [0.2, 0.25) is 10.0 Å². The summed E-state index contributed by atoms with van der Waals surface area (Å²) in [6.07, 6.45) is 1.10. The van der Waals surface area contributed by atoms with E-state index < -0.39 is 10.0 Å². The Morgan fingerprint density at radius 3 is 2.40 bits per heavy atom. The van der Waals surface area contributed by atoms with E-state index >= 15 is 0 Å².